The van der Waals surface area contributed by atoms with Crippen molar-refractivity contribution in [3.8, 4) is 0 Å². The van der Waals surface area contributed by atoms with Crippen LogP contribution in [-0.4, -0.2) is 22.8 Å². The van der Waals surface area contributed by atoms with Crippen molar-refractivity contribution in [2.24, 2.45) is 5.73 Å². The molecule has 0 aliphatic heterocycles. The second-order valence-corrected chi connectivity index (χ2v) is 5.04. The summed E-state index contributed by atoms with van der Waals surface area (Å²) in [6, 6.07) is 10.4. The first-order valence-electron chi connectivity index (χ1n) is 6.73. The Hall–Kier alpha value is -2.27. The molecule has 2 aromatic rings. The Balaban J connectivity index is 2.20. The van der Waals surface area contributed by atoms with Crippen LogP contribution < -0.4 is 5.73 Å². The monoisotopic (exact) mass is 286 g/mol. The molecule has 0 fully saturated rings. The highest BCUT2D eigenvalue weighted by Crippen LogP contribution is 2.23. The predicted octanol–water partition coefficient (Wildman–Crippen LogP) is 2.70. The summed E-state index contributed by atoms with van der Waals surface area (Å²) in [7, 11) is 1.91. The molecular formula is C16H19FN4. The SMILES string of the molecule is CC(c1ccccc1F)N(C)Cc1cccnc1C(=N)N. The maximum absolute atomic E-state index is 13.9. The van der Waals surface area contributed by atoms with Gasteiger partial charge in [0.2, 0.25) is 0 Å². The number of nitrogens with one attached hydrogen (secondary N) is 1. The molecule has 0 saturated heterocycles. The Morgan fingerprint density at radius 3 is 2.71 bits per heavy atom. The van der Waals surface area contributed by atoms with Crippen LogP contribution >= 0.6 is 0 Å². The molecule has 1 aromatic heterocycles. The quantitative estimate of drug-likeness (QED) is 0.656. The molecule has 1 aromatic carbocycles. The van der Waals surface area contributed by atoms with Crippen LogP contribution in [0.3, 0.4) is 0 Å². The maximum atomic E-state index is 13.9. The summed E-state index contributed by atoms with van der Waals surface area (Å²) in [6.07, 6.45) is 1.61. The number of rotatable bonds is 5. The van der Waals surface area contributed by atoms with E-state index in [-0.39, 0.29) is 17.7 Å². The van der Waals surface area contributed by atoms with Gasteiger partial charge in [0, 0.05) is 24.3 Å². The molecule has 2 rings (SSSR count). The lowest BCUT2D eigenvalue weighted by molar-refractivity contribution is 0.247. The summed E-state index contributed by atoms with van der Waals surface area (Å²) in [5.41, 5.74) is 7.52. The Morgan fingerprint density at radius 2 is 2.05 bits per heavy atom. The number of halogens is 1. The third-order valence-electron chi connectivity index (χ3n) is 3.58. The van der Waals surface area contributed by atoms with Gasteiger partial charge in [-0.2, -0.15) is 0 Å². The van der Waals surface area contributed by atoms with Gasteiger partial charge in [-0.15, -0.1) is 0 Å². The van der Waals surface area contributed by atoms with Crippen molar-refractivity contribution in [1.29, 1.82) is 5.41 Å². The molecule has 5 heteroatoms. The fraction of sp³-hybridized carbons (Fsp3) is 0.250. The highest BCUT2D eigenvalue weighted by Gasteiger charge is 2.17. The molecule has 0 spiro atoms. The number of aromatic nitrogens is 1. The third kappa shape index (κ3) is 3.44. The van der Waals surface area contributed by atoms with Crippen LogP contribution in [-0.2, 0) is 6.54 Å². The number of amidine groups is 1. The first-order valence-corrected chi connectivity index (χ1v) is 6.73. The molecule has 3 N–H and O–H groups in total. The van der Waals surface area contributed by atoms with Crippen molar-refractivity contribution in [2.45, 2.75) is 19.5 Å². The van der Waals surface area contributed by atoms with E-state index in [1.165, 1.54) is 6.07 Å². The van der Waals surface area contributed by atoms with Crippen LogP contribution in [0.25, 0.3) is 0 Å². The van der Waals surface area contributed by atoms with Crippen LogP contribution in [0.4, 0.5) is 4.39 Å². The van der Waals surface area contributed by atoms with Gasteiger partial charge in [0.05, 0.1) is 0 Å². The minimum Gasteiger partial charge on any atom is -0.382 e. The number of benzene rings is 1. The molecule has 4 nitrogen and oxygen atoms in total. The summed E-state index contributed by atoms with van der Waals surface area (Å²) >= 11 is 0. The molecule has 1 heterocycles. The molecule has 0 saturated carbocycles. The van der Waals surface area contributed by atoms with Crippen LogP contribution in [0.1, 0.15) is 29.8 Å². The van der Waals surface area contributed by atoms with Gasteiger partial charge >= 0.3 is 0 Å². The van der Waals surface area contributed by atoms with Gasteiger partial charge in [0.15, 0.2) is 0 Å². The maximum Gasteiger partial charge on any atom is 0.142 e. The van der Waals surface area contributed by atoms with E-state index in [1.54, 1.807) is 18.3 Å². The average molecular weight is 286 g/mol. The third-order valence-corrected chi connectivity index (χ3v) is 3.58. The minimum absolute atomic E-state index is 0.0578. The zero-order valence-electron chi connectivity index (χ0n) is 12.2. The van der Waals surface area contributed by atoms with E-state index in [0.717, 1.165) is 5.56 Å². The molecule has 0 aliphatic rings. The normalized spacial score (nSPS) is 12.4. The number of hydrogen-bond acceptors (Lipinski definition) is 3. The van der Waals surface area contributed by atoms with E-state index in [0.29, 0.717) is 17.8 Å². The molecule has 110 valence electrons. The molecule has 0 radical (unpaired) electrons. The Bertz CT molecular complexity index is 642. The first kappa shape index (κ1) is 15.1. The van der Waals surface area contributed by atoms with Gasteiger partial charge in [-0.1, -0.05) is 24.3 Å². The average Bonchev–Trinajstić information content (AvgIpc) is 2.47. The first-order chi connectivity index (χ1) is 10.0. The molecule has 21 heavy (non-hydrogen) atoms. The Kier molecular flexibility index (Phi) is 4.65. The molecule has 1 unspecified atom stereocenters. The lowest BCUT2D eigenvalue weighted by Crippen LogP contribution is -2.25. The largest absolute Gasteiger partial charge is 0.382 e. The van der Waals surface area contributed by atoms with Crippen LogP contribution in [0, 0.1) is 11.2 Å². The molecule has 0 amide bonds. The molecule has 0 aliphatic carbocycles. The summed E-state index contributed by atoms with van der Waals surface area (Å²) in [5, 5.41) is 7.56. The van der Waals surface area contributed by atoms with E-state index < -0.39 is 0 Å². The highest BCUT2D eigenvalue weighted by molar-refractivity contribution is 5.94. The van der Waals surface area contributed by atoms with E-state index in [1.807, 2.05) is 37.1 Å². The Morgan fingerprint density at radius 1 is 1.33 bits per heavy atom. The fourth-order valence-electron chi connectivity index (χ4n) is 2.27. The van der Waals surface area contributed by atoms with Crippen molar-refractivity contribution in [2.75, 3.05) is 7.05 Å². The number of pyridine rings is 1. The van der Waals surface area contributed by atoms with Crippen molar-refractivity contribution in [3.63, 3.8) is 0 Å². The summed E-state index contributed by atoms with van der Waals surface area (Å²) in [6.45, 7) is 2.49. The number of nitrogen functional groups attached to an aromatic ring is 1. The van der Waals surface area contributed by atoms with E-state index >= 15 is 0 Å². The Labute approximate surface area is 123 Å². The smallest absolute Gasteiger partial charge is 0.142 e. The van der Waals surface area contributed by atoms with Crippen molar-refractivity contribution in [1.82, 2.24) is 9.88 Å². The van der Waals surface area contributed by atoms with Crippen molar-refractivity contribution < 1.29 is 4.39 Å². The predicted molar refractivity (Wildman–Crippen MR) is 81.5 cm³/mol. The number of hydrogen-bond donors (Lipinski definition) is 2. The van der Waals surface area contributed by atoms with Gasteiger partial charge in [-0.3, -0.25) is 15.3 Å². The van der Waals surface area contributed by atoms with Gasteiger partial charge in [0.25, 0.3) is 0 Å². The molecule has 1 atom stereocenters. The van der Waals surface area contributed by atoms with Gasteiger partial charge in [0.1, 0.15) is 17.3 Å². The van der Waals surface area contributed by atoms with Gasteiger partial charge in [-0.25, -0.2) is 4.39 Å². The minimum atomic E-state index is -0.213. The number of nitrogens with two attached hydrogens (primary N) is 1. The zero-order valence-corrected chi connectivity index (χ0v) is 12.2. The fourth-order valence-corrected chi connectivity index (χ4v) is 2.27. The van der Waals surface area contributed by atoms with Crippen LogP contribution in [0.2, 0.25) is 0 Å². The lowest BCUT2D eigenvalue weighted by atomic mass is 10.1. The zero-order chi connectivity index (χ0) is 15.4. The standard InChI is InChI=1S/C16H19FN4/c1-11(13-7-3-4-8-14(13)17)21(2)10-12-6-5-9-20-15(12)16(18)19/h3-9,11H,10H2,1-2H3,(H3,18,19). The highest BCUT2D eigenvalue weighted by atomic mass is 19.1. The summed E-state index contributed by atoms with van der Waals surface area (Å²) < 4.78 is 13.9. The second kappa shape index (κ2) is 6.45. The van der Waals surface area contributed by atoms with Gasteiger partial charge < -0.3 is 5.73 Å². The van der Waals surface area contributed by atoms with E-state index in [4.69, 9.17) is 11.1 Å². The molecule has 0 bridgehead atoms. The lowest BCUT2D eigenvalue weighted by Gasteiger charge is -2.26. The summed E-state index contributed by atoms with van der Waals surface area (Å²) in [5.74, 6) is -0.271. The van der Waals surface area contributed by atoms with E-state index in [9.17, 15) is 4.39 Å². The topological polar surface area (TPSA) is 66.0 Å². The van der Waals surface area contributed by atoms with Crippen molar-refractivity contribution >= 4 is 5.84 Å². The van der Waals surface area contributed by atoms with Crippen molar-refractivity contribution in [3.05, 3.63) is 65.2 Å². The molecular weight excluding hydrogens is 267 g/mol. The van der Waals surface area contributed by atoms with Crippen LogP contribution in [0.15, 0.2) is 42.6 Å². The number of nitrogens with zero attached hydrogens (tertiary/aromatic N) is 2. The van der Waals surface area contributed by atoms with Gasteiger partial charge in [-0.05, 0) is 31.7 Å². The second-order valence-electron chi connectivity index (χ2n) is 5.04. The van der Waals surface area contributed by atoms with Crippen LogP contribution in [0.5, 0.6) is 0 Å². The van der Waals surface area contributed by atoms with E-state index in [2.05, 4.69) is 4.98 Å². The summed E-state index contributed by atoms with van der Waals surface area (Å²) in [4.78, 5) is 6.13.